The molecule has 0 heterocycles. The molecule has 0 spiro atoms. The van der Waals surface area contributed by atoms with Gasteiger partial charge in [-0.1, -0.05) is 26.0 Å². The minimum atomic E-state index is -0.369. The number of nitro groups is 1. The summed E-state index contributed by atoms with van der Waals surface area (Å²) in [4.78, 5) is 10.0. The van der Waals surface area contributed by atoms with Gasteiger partial charge in [-0.05, 0) is 11.5 Å². The first-order valence-corrected chi connectivity index (χ1v) is 3.85. The highest BCUT2D eigenvalue weighted by atomic mass is 16.6. The van der Waals surface area contributed by atoms with Crippen molar-refractivity contribution in [3.05, 3.63) is 39.9 Å². The van der Waals surface area contributed by atoms with Crippen LogP contribution in [-0.4, -0.2) is 4.92 Å². The van der Waals surface area contributed by atoms with E-state index >= 15 is 0 Å². The average molecular weight is 167 g/mol. The molecule has 0 radical (unpaired) electrons. The zero-order valence-electron chi connectivity index (χ0n) is 7.15. The number of non-ortho nitro benzene ring substituents is 1. The van der Waals surface area contributed by atoms with Crippen LogP contribution in [0.15, 0.2) is 24.3 Å². The molecule has 3 heteroatoms. The first-order valence-electron chi connectivity index (χ1n) is 3.85. The van der Waals surface area contributed by atoms with Crippen molar-refractivity contribution < 1.29 is 6.35 Å². The zero-order chi connectivity index (χ0) is 9.14. The Morgan fingerprint density at radius 2 is 2.17 bits per heavy atom. The maximum atomic E-state index is 10.4. The second-order valence-corrected chi connectivity index (χ2v) is 3.01. The summed E-state index contributed by atoms with van der Waals surface area (Å²) >= 11 is 0. The van der Waals surface area contributed by atoms with E-state index in [9.17, 15) is 10.1 Å². The molecular weight excluding hydrogens is 154 g/mol. The minimum absolute atomic E-state index is 0. The first-order chi connectivity index (χ1) is 5.61. The smallest absolute Gasteiger partial charge is 0.258 e. The lowest BCUT2D eigenvalue weighted by molar-refractivity contribution is -0.384. The molecule has 0 bridgehead atoms. The Labute approximate surface area is 72.7 Å². The van der Waals surface area contributed by atoms with Gasteiger partial charge in [0.25, 0.3) is 5.69 Å². The monoisotopic (exact) mass is 167 g/mol. The highest BCUT2D eigenvalue weighted by Crippen LogP contribution is 2.19. The van der Waals surface area contributed by atoms with Gasteiger partial charge in [0.2, 0.25) is 0 Å². The van der Waals surface area contributed by atoms with Crippen LogP contribution in [0.1, 0.15) is 26.8 Å². The number of hydrogen-bond acceptors (Lipinski definition) is 2. The van der Waals surface area contributed by atoms with Crippen LogP contribution >= 0.6 is 0 Å². The van der Waals surface area contributed by atoms with Gasteiger partial charge in [0, 0.05) is 13.6 Å². The molecule has 0 saturated carbocycles. The zero-order valence-corrected chi connectivity index (χ0v) is 7.15. The lowest BCUT2D eigenvalue weighted by Crippen LogP contribution is -1.91. The maximum Gasteiger partial charge on any atom is 0.269 e. The number of nitro benzene ring substituents is 1. The van der Waals surface area contributed by atoms with E-state index in [0.717, 1.165) is 5.56 Å². The molecular formula is C9H13NO2. The number of benzene rings is 1. The molecule has 0 aliphatic carbocycles. The third-order valence-corrected chi connectivity index (χ3v) is 1.75. The van der Waals surface area contributed by atoms with Crippen molar-refractivity contribution in [1.82, 2.24) is 0 Å². The Morgan fingerprint density at radius 1 is 1.50 bits per heavy atom. The summed E-state index contributed by atoms with van der Waals surface area (Å²) in [6, 6.07) is 6.74. The van der Waals surface area contributed by atoms with E-state index in [1.807, 2.05) is 19.9 Å². The van der Waals surface area contributed by atoms with E-state index in [2.05, 4.69) is 0 Å². The third-order valence-electron chi connectivity index (χ3n) is 1.75. The van der Waals surface area contributed by atoms with Gasteiger partial charge in [0.05, 0.1) is 4.92 Å². The number of hydrogen-bond donors (Lipinski definition) is 0. The largest absolute Gasteiger partial charge is 0.269 e. The van der Waals surface area contributed by atoms with Crippen molar-refractivity contribution in [2.45, 2.75) is 19.8 Å². The van der Waals surface area contributed by atoms with Gasteiger partial charge < -0.3 is 0 Å². The quantitative estimate of drug-likeness (QED) is 0.502. The van der Waals surface area contributed by atoms with Gasteiger partial charge in [-0.2, -0.15) is 0 Å². The normalized spacial score (nSPS) is 10.2. The molecule has 66 valence electrons. The van der Waals surface area contributed by atoms with Crippen molar-refractivity contribution in [2.24, 2.45) is 0 Å². The van der Waals surface area contributed by atoms with Gasteiger partial charge in [0.15, 0.2) is 0 Å². The molecule has 0 fully saturated rings. The van der Waals surface area contributed by atoms with E-state index in [0.29, 0.717) is 5.92 Å². The van der Waals surface area contributed by atoms with Gasteiger partial charge in [-0.15, -0.1) is 0 Å². The Hall–Kier alpha value is -1.38. The van der Waals surface area contributed by atoms with Gasteiger partial charge in [-0.3, -0.25) is 10.1 Å². The molecule has 0 saturated heterocycles. The van der Waals surface area contributed by atoms with Crippen LogP contribution in [-0.2, 0) is 0 Å². The van der Waals surface area contributed by atoms with E-state index in [1.54, 1.807) is 12.1 Å². The minimum Gasteiger partial charge on any atom is -0.258 e. The van der Waals surface area contributed by atoms with E-state index in [4.69, 9.17) is 0 Å². The van der Waals surface area contributed by atoms with E-state index in [-0.39, 0.29) is 12.0 Å². The standard InChI is InChI=1S/C9H11NO2.H2/c1-7(2)8-4-3-5-9(6-8)10(11)12;/h3-7H,1-2H3;1H. The van der Waals surface area contributed by atoms with Crippen molar-refractivity contribution in [3.63, 3.8) is 0 Å². The summed E-state index contributed by atoms with van der Waals surface area (Å²) in [5, 5.41) is 10.4. The fourth-order valence-corrected chi connectivity index (χ4v) is 0.997. The molecule has 12 heavy (non-hydrogen) atoms. The van der Waals surface area contributed by atoms with Crippen LogP contribution in [0.5, 0.6) is 0 Å². The van der Waals surface area contributed by atoms with Crippen LogP contribution in [0.2, 0.25) is 0 Å². The molecule has 0 atom stereocenters. The first kappa shape index (κ1) is 8.71. The summed E-state index contributed by atoms with van der Waals surface area (Å²) in [6.45, 7) is 4.03. The Kier molecular flexibility index (Phi) is 2.43. The fraction of sp³-hybridized carbons (Fsp3) is 0.333. The van der Waals surface area contributed by atoms with Gasteiger partial charge >= 0.3 is 0 Å². The van der Waals surface area contributed by atoms with Crippen LogP contribution < -0.4 is 0 Å². The SMILES string of the molecule is CC(C)c1cccc([N+](=O)[O-])c1.[HH]. The predicted molar refractivity (Wildman–Crippen MR) is 49.3 cm³/mol. The lowest BCUT2D eigenvalue weighted by atomic mass is 10.0. The topological polar surface area (TPSA) is 43.1 Å². The van der Waals surface area contributed by atoms with Crippen LogP contribution in [0.4, 0.5) is 5.69 Å². The predicted octanol–water partition coefficient (Wildman–Crippen LogP) is 2.96. The van der Waals surface area contributed by atoms with E-state index in [1.165, 1.54) is 6.07 Å². The van der Waals surface area contributed by atoms with Crippen LogP contribution in [0, 0.1) is 10.1 Å². The summed E-state index contributed by atoms with van der Waals surface area (Å²) in [5.74, 6) is 0.338. The average Bonchev–Trinajstić information content (AvgIpc) is 2.04. The fourth-order valence-electron chi connectivity index (χ4n) is 0.997. The van der Waals surface area contributed by atoms with Crippen LogP contribution in [0.3, 0.4) is 0 Å². The van der Waals surface area contributed by atoms with E-state index < -0.39 is 0 Å². The summed E-state index contributed by atoms with van der Waals surface area (Å²) in [6.07, 6.45) is 0. The third kappa shape index (κ3) is 1.81. The molecule has 0 unspecified atom stereocenters. The van der Waals surface area contributed by atoms with Gasteiger partial charge in [-0.25, -0.2) is 0 Å². The number of nitrogens with zero attached hydrogens (tertiary/aromatic N) is 1. The Morgan fingerprint density at radius 3 is 2.67 bits per heavy atom. The molecule has 1 aromatic carbocycles. The molecule has 1 aromatic rings. The molecule has 1 rings (SSSR count). The molecule has 0 aliphatic rings. The number of rotatable bonds is 2. The summed E-state index contributed by atoms with van der Waals surface area (Å²) < 4.78 is 0. The second kappa shape index (κ2) is 3.34. The van der Waals surface area contributed by atoms with Crippen molar-refractivity contribution >= 4 is 5.69 Å². The second-order valence-electron chi connectivity index (χ2n) is 3.01. The van der Waals surface area contributed by atoms with Crippen LogP contribution in [0.25, 0.3) is 0 Å². The lowest BCUT2D eigenvalue weighted by Gasteiger charge is -2.03. The highest BCUT2D eigenvalue weighted by Gasteiger charge is 2.06. The maximum absolute atomic E-state index is 10.4. The summed E-state index contributed by atoms with van der Waals surface area (Å²) in [5.41, 5.74) is 1.17. The van der Waals surface area contributed by atoms with Crippen molar-refractivity contribution in [2.75, 3.05) is 0 Å². The Balaban J connectivity index is 0.00000144. The molecule has 0 aliphatic heterocycles. The molecule has 0 N–H and O–H groups in total. The highest BCUT2D eigenvalue weighted by molar-refractivity contribution is 5.35. The van der Waals surface area contributed by atoms with Crippen molar-refractivity contribution in [3.8, 4) is 0 Å². The molecule has 0 aromatic heterocycles. The van der Waals surface area contributed by atoms with Crippen molar-refractivity contribution in [1.29, 1.82) is 0 Å². The van der Waals surface area contributed by atoms with Gasteiger partial charge in [0.1, 0.15) is 0 Å². The Bertz CT molecular complexity index is 299. The molecule has 3 nitrogen and oxygen atoms in total. The summed E-state index contributed by atoms with van der Waals surface area (Å²) in [7, 11) is 0. The molecule has 0 amide bonds.